The zero-order valence-corrected chi connectivity index (χ0v) is 11.6. The van der Waals surface area contributed by atoms with Gasteiger partial charge in [0, 0.05) is 6.04 Å². The number of ether oxygens (including phenoxy) is 1. The zero-order valence-electron chi connectivity index (χ0n) is 11.6. The van der Waals surface area contributed by atoms with E-state index in [9.17, 15) is 14.7 Å². The molecule has 0 bridgehead atoms. The highest BCUT2D eigenvalue weighted by atomic mass is 16.5. The largest absolute Gasteiger partial charge is 0.497 e. The third-order valence-corrected chi connectivity index (χ3v) is 3.25. The number of amides is 1. The number of rotatable bonds is 6. The van der Waals surface area contributed by atoms with Gasteiger partial charge in [-0.1, -0.05) is 12.1 Å². The van der Waals surface area contributed by atoms with Crippen LogP contribution in [-0.2, 0) is 15.1 Å². The minimum atomic E-state index is -1.40. The molecule has 1 atom stereocenters. The first kappa shape index (κ1) is 15.0. The first-order chi connectivity index (χ1) is 8.87. The summed E-state index contributed by atoms with van der Waals surface area (Å²) in [6.45, 7) is 5.07. The van der Waals surface area contributed by atoms with Gasteiger partial charge in [-0.25, -0.2) is 4.79 Å². The van der Waals surface area contributed by atoms with E-state index in [0.29, 0.717) is 17.7 Å². The summed E-state index contributed by atoms with van der Waals surface area (Å²) < 4.78 is 5.05. The summed E-state index contributed by atoms with van der Waals surface area (Å²) in [5, 5.41) is 9.53. The second-order valence-corrected chi connectivity index (χ2v) is 4.71. The number of methoxy groups -OCH3 is 1. The van der Waals surface area contributed by atoms with E-state index in [2.05, 4.69) is 0 Å². The molecule has 0 radical (unpaired) electrons. The Morgan fingerprint density at radius 1 is 1.37 bits per heavy atom. The van der Waals surface area contributed by atoms with Gasteiger partial charge < -0.3 is 14.7 Å². The molecule has 104 valence electrons. The van der Waals surface area contributed by atoms with Crippen molar-refractivity contribution in [2.75, 3.05) is 7.11 Å². The van der Waals surface area contributed by atoms with Gasteiger partial charge >= 0.3 is 5.97 Å². The first-order valence-electron chi connectivity index (χ1n) is 5.99. The average molecular weight is 265 g/mol. The molecule has 1 amide bonds. The summed E-state index contributed by atoms with van der Waals surface area (Å²) in [5.74, 6) is -0.433. The fourth-order valence-corrected chi connectivity index (χ4v) is 2.04. The maximum Gasteiger partial charge on any atom is 0.334 e. The molecule has 19 heavy (non-hydrogen) atoms. The molecule has 0 aliphatic carbocycles. The Bertz CT molecular complexity index is 455. The van der Waals surface area contributed by atoms with Crippen LogP contribution in [0.15, 0.2) is 24.3 Å². The summed E-state index contributed by atoms with van der Waals surface area (Å²) in [6.07, 6.45) is 0.572. The van der Waals surface area contributed by atoms with Crippen LogP contribution < -0.4 is 4.74 Å². The van der Waals surface area contributed by atoms with Crippen molar-refractivity contribution in [2.45, 2.75) is 32.4 Å². The Morgan fingerprint density at radius 3 is 2.21 bits per heavy atom. The molecule has 0 saturated carbocycles. The van der Waals surface area contributed by atoms with Gasteiger partial charge in [-0.3, -0.25) is 4.79 Å². The van der Waals surface area contributed by atoms with Gasteiger partial charge in [-0.05, 0) is 38.5 Å². The Hall–Kier alpha value is -2.04. The van der Waals surface area contributed by atoms with Crippen molar-refractivity contribution in [1.29, 1.82) is 0 Å². The number of carboxylic acids is 1. The Morgan fingerprint density at radius 2 is 1.89 bits per heavy atom. The molecule has 1 rings (SSSR count). The third kappa shape index (κ3) is 2.70. The summed E-state index contributed by atoms with van der Waals surface area (Å²) >= 11 is 0. The summed E-state index contributed by atoms with van der Waals surface area (Å²) in [5.41, 5.74) is -0.871. The van der Waals surface area contributed by atoms with E-state index in [0.717, 1.165) is 0 Å². The van der Waals surface area contributed by atoms with Crippen LogP contribution in [0.3, 0.4) is 0 Å². The number of aliphatic carboxylic acids is 1. The van der Waals surface area contributed by atoms with Gasteiger partial charge in [0.2, 0.25) is 6.41 Å². The fraction of sp³-hybridized carbons (Fsp3) is 0.429. The van der Waals surface area contributed by atoms with Crippen molar-refractivity contribution in [3.8, 4) is 5.75 Å². The fourth-order valence-electron chi connectivity index (χ4n) is 2.04. The van der Waals surface area contributed by atoms with Crippen molar-refractivity contribution < 1.29 is 19.4 Å². The lowest BCUT2D eigenvalue weighted by Crippen LogP contribution is -2.52. The smallest absolute Gasteiger partial charge is 0.334 e. The van der Waals surface area contributed by atoms with Crippen LogP contribution >= 0.6 is 0 Å². The van der Waals surface area contributed by atoms with Crippen LogP contribution in [0.2, 0.25) is 0 Å². The molecule has 0 aliphatic rings. The minimum absolute atomic E-state index is 0.222. The number of nitrogens with zero attached hydrogens (tertiary/aromatic N) is 1. The predicted molar refractivity (Wildman–Crippen MR) is 71.0 cm³/mol. The van der Waals surface area contributed by atoms with Crippen LogP contribution in [0.25, 0.3) is 0 Å². The molecule has 0 spiro atoms. The highest BCUT2D eigenvalue weighted by molar-refractivity contribution is 5.83. The molecule has 0 aliphatic heterocycles. The highest BCUT2D eigenvalue weighted by Crippen LogP contribution is 2.30. The van der Waals surface area contributed by atoms with E-state index in [1.165, 1.54) is 18.9 Å². The SMILES string of the molecule is COc1ccc(C(C)(C(=O)O)N(C=O)C(C)C)cc1. The zero-order chi connectivity index (χ0) is 14.6. The van der Waals surface area contributed by atoms with E-state index in [-0.39, 0.29) is 6.04 Å². The van der Waals surface area contributed by atoms with Crippen molar-refractivity contribution in [2.24, 2.45) is 0 Å². The van der Waals surface area contributed by atoms with Crippen LogP contribution in [-0.4, -0.2) is 35.5 Å². The molecule has 5 nitrogen and oxygen atoms in total. The summed E-state index contributed by atoms with van der Waals surface area (Å²) in [4.78, 5) is 24.2. The number of hydrogen-bond donors (Lipinski definition) is 1. The lowest BCUT2D eigenvalue weighted by atomic mass is 9.89. The normalized spacial score (nSPS) is 13.7. The lowest BCUT2D eigenvalue weighted by molar-refractivity contribution is -0.156. The highest BCUT2D eigenvalue weighted by Gasteiger charge is 2.42. The molecule has 5 heteroatoms. The van der Waals surface area contributed by atoms with Gasteiger partial charge in [0.25, 0.3) is 0 Å². The van der Waals surface area contributed by atoms with E-state index >= 15 is 0 Å². The molecule has 1 N–H and O–H groups in total. The van der Waals surface area contributed by atoms with Crippen molar-refractivity contribution in [3.63, 3.8) is 0 Å². The standard InChI is InChI=1S/C14H19NO4/c1-10(2)15(9-16)14(3,13(17)18)11-5-7-12(19-4)8-6-11/h5-10H,1-4H3,(H,17,18). The van der Waals surface area contributed by atoms with E-state index < -0.39 is 11.5 Å². The molecular weight excluding hydrogens is 246 g/mol. The summed E-state index contributed by atoms with van der Waals surface area (Å²) in [7, 11) is 1.54. The topological polar surface area (TPSA) is 66.8 Å². The van der Waals surface area contributed by atoms with E-state index in [4.69, 9.17) is 4.74 Å². The minimum Gasteiger partial charge on any atom is -0.497 e. The van der Waals surface area contributed by atoms with Gasteiger partial charge in [-0.15, -0.1) is 0 Å². The van der Waals surface area contributed by atoms with Crippen molar-refractivity contribution in [3.05, 3.63) is 29.8 Å². The number of benzene rings is 1. The second-order valence-electron chi connectivity index (χ2n) is 4.71. The number of hydrogen-bond acceptors (Lipinski definition) is 3. The number of carbonyl (C=O) groups excluding carboxylic acids is 1. The van der Waals surface area contributed by atoms with Gasteiger partial charge in [0.05, 0.1) is 7.11 Å². The van der Waals surface area contributed by atoms with Crippen LogP contribution in [0.5, 0.6) is 5.75 Å². The lowest BCUT2D eigenvalue weighted by Gasteiger charge is -2.38. The van der Waals surface area contributed by atoms with Crippen LogP contribution in [0.1, 0.15) is 26.3 Å². The van der Waals surface area contributed by atoms with Crippen LogP contribution in [0.4, 0.5) is 0 Å². The monoisotopic (exact) mass is 265 g/mol. The van der Waals surface area contributed by atoms with Crippen molar-refractivity contribution >= 4 is 12.4 Å². The molecule has 1 unspecified atom stereocenters. The summed E-state index contributed by atoms with van der Waals surface area (Å²) in [6, 6.07) is 6.46. The molecule has 0 fully saturated rings. The van der Waals surface area contributed by atoms with E-state index in [1.54, 1.807) is 38.1 Å². The maximum atomic E-state index is 11.6. The molecule has 1 aromatic rings. The van der Waals surface area contributed by atoms with Gasteiger partial charge in [0.1, 0.15) is 5.75 Å². The molecule has 1 aromatic carbocycles. The second kappa shape index (κ2) is 5.73. The first-order valence-corrected chi connectivity index (χ1v) is 5.99. The number of carbonyl (C=O) groups is 2. The predicted octanol–water partition coefficient (Wildman–Crippen LogP) is 1.86. The van der Waals surface area contributed by atoms with E-state index in [1.807, 2.05) is 0 Å². The third-order valence-electron chi connectivity index (χ3n) is 3.25. The van der Waals surface area contributed by atoms with Gasteiger partial charge in [0.15, 0.2) is 5.54 Å². The Balaban J connectivity index is 3.31. The molecule has 0 saturated heterocycles. The molecule has 0 heterocycles. The van der Waals surface area contributed by atoms with Crippen LogP contribution in [0, 0.1) is 0 Å². The Labute approximate surface area is 112 Å². The molecule has 0 aromatic heterocycles. The molecular formula is C14H19NO4. The number of carboxylic acid groups (broad SMARTS) is 1. The van der Waals surface area contributed by atoms with Gasteiger partial charge in [-0.2, -0.15) is 0 Å². The average Bonchev–Trinajstić information content (AvgIpc) is 2.38. The van der Waals surface area contributed by atoms with Crippen molar-refractivity contribution in [1.82, 2.24) is 4.90 Å². The quantitative estimate of drug-likeness (QED) is 0.797. The Kier molecular flexibility index (Phi) is 4.53. The maximum absolute atomic E-state index is 11.6.